The number of hydrogen-bond acceptors (Lipinski definition) is 6. The molecule has 2 aliphatic rings. The first-order valence-electron chi connectivity index (χ1n) is 9.99. The predicted octanol–water partition coefficient (Wildman–Crippen LogP) is 1.98. The number of nitrogens with zero attached hydrogens (tertiary/aromatic N) is 6. The number of rotatable bonds is 5. The number of likely N-dealkylation sites (tertiary alicyclic amines) is 2. The van der Waals surface area contributed by atoms with Crippen molar-refractivity contribution in [1.29, 1.82) is 0 Å². The molecule has 1 atom stereocenters. The van der Waals surface area contributed by atoms with E-state index in [0.29, 0.717) is 24.4 Å². The fraction of sp³-hybridized carbons (Fsp3) is 0.684. The van der Waals surface area contributed by atoms with Crippen LogP contribution in [0, 0.1) is 0 Å². The summed E-state index contributed by atoms with van der Waals surface area (Å²) in [5, 5.41) is 8.93. The van der Waals surface area contributed by atoms with Crippen LogP contribution in [0.25, 0.3) is 0 Å². The van der Waals surface area contributed by atoms with E-state index < -0.39 is 0 Å². The van der Waals surface area contributed by atoms with Crippen LogP contribution in [0.1, 0.15) is 66.4 Å². The standard InChI is InChI=1S/C19H28N6O2/c1-3-15-17(20-13-27-15)19(26)25-10-6-7-14(11-25)18-22-21-16(23(18)2)12-24-8-4-5-9-24/h13-14H,3-12H2,1-2H3/t14-/m1/s1. The van der Waals surface area contributed by atoms with Crippen molar-refractivity contribution in [1.82, 2.24) is 29.5 Å². The number of aryl methyl sites for hydroxylation is 1. The van der Waals surface area contributed by atoms with E-state index in [4.69, 9.17) is 4.42 Å². The molecule has 0 unspecified atom stereocenters. The molecule has 2 aliphatic heterocycles. The quantitative estimate of drug-likeness (QED) is 0.798. The normalized spacial score (nSPS) is 21.1. The minimum absolute atomic E-state index is 0.0373. The van der Waals surface area contributed by atoms with E-state index in [9.17, 15) is 4.79 Å². The summed E-state index contributed by atoms with van der Waals surface area (Å²) in [6.07, 6.45) is 6.56. The van der Waals surface area contributed by atoms with Crippen molar-refractivity contribution in [3.05, 3.63) is 29.5 Å². The zero-order chi connectivity index (χ0) is 18.8. The van der Waals surface area contributed by atoms with E-state index >= 15 is 0 Å². The molecular weight excluding hydrogens is 344 g/mol. The van der Waals surface area contributed by atoms with Crippen molar-refractivity contribution < 1.29 is 9.21 Å². The van der Waals surface area contributed by atoms with Crippen molar-refractivity contribution in [2.45, 2.75) is 51.5 Å². The lowest BCUT2D eigenvalue weighted by Gasteiger charge is -2.32. The maximum absolute atomic E-state index is 12.9. The Kier molecular flexibility index (Phi) is 5.24. The van der Waals surface area contributed by atoms with Crippen LogP contribution in [0.2, 0.25) is 0 Å². The summed E-state index contributed by atoms with van der Waals surface area (Å²) in [6.45, 7) is 6.53. The van der Waals surface area contributed by atoms with Crippen LogP contribution in [0.5, 0.6) is 0 Å². The first-order valence-corrected chi connectivity index (χ1v) is 9.99. The Morgan fingerprint density at radius 3 is 2.81 bits per heavy atom. The van der Waals surface area contributed by atoms with Gasteiger partial charge in [-0.15, -0.1) is 10.2 Å². The second-order valence-corrected chi connectivity index (χ2v) is 7.58. The number of carbonyl (C=O) groups is 1. The molecule has 2 fully saturated rings. The minimum Gasteiger partial charge on any atom is -0.448 e. The summed E-state index contributed by atoms with van der Waals surface area (Å²) in [6, 6.07) is 0. The zero-order valence-electron chi connectivity index (χ0n) is 16.2. The first kappa shape index (κ1) is 18.2. The molecule has 4 rings (SSSR count). The maximum atomic E-state index is 12.9. The van der Waals surface area contributed by atoms with E-state index in [1.54, 1.807) is 0 Å². The van der Waals surface area contributed by atoms with Gasteiger partial charge in [-0.05, 0) is 38.8 Å². The third-order valence-electron chi connectivity index (χ3n) is 5.80. The van der Waals surface area contributed by atoms with Crippen molar-refractivity contribution in [3.63, 3.8) is 0 Å². The van der Waals surface area contributed by atoms with E-state index in [1.807, 2.05) is 18.9 Å². The van der Waals surface area contributed by atoms with Gasteiger partial charge in [-0.1, -0.05) is 6.92 Å². The summed E-state index contributed by atoms with van der Waals surface area (Å²) in [4.78, 5) is 21.4. The molecule has 8 nitrogen and oxygen atoms in total. The fourth-order valence-electron chi connectivity index (χ4n) is 4.23. The molecular formula is C19H28N6O2. The molecule has 8 heteroatoms. The molecule has 2 aromatic rings. The third-order valence-corrected chi connectivity index (χ3v) is 5.80. The third kappa shape index (κ3) is 3.63. The highest BCUT2D eigenvalue weighted by molar-refractivity contribution is 5.93. The molecule has 1 amide bonds. The summed E-state index contributed by atoms with van der Waals surface area (Å²) < 4.78 is 7.46. The fourth-order valence-corrected chi connectivity index (χ4v) is 4.23. The Bertz CT molecular complexity index is 792. The highest BCUT2D eigenvalue weighted by Crippen LogP contribution is 2.27. The molecule has 0 spiro atoms. The molecule has 0 radical (unpaired) electrons. The first-order chi connectivity index (χ1) is 13.2. The van der Waals surface area contributed by atoms with Crippen LogP contribution in [0.4, 0.5) is 0 Å². The van der Waals surface area contributed by atoms with Gasteiger partial charge in [-0.3, -0.25) is 9.69 Å². The molecule has 0 aliphatic carbocycles. The Morgan fingerprint density at radius 2 is 2.04 bits per heavy atom. The maximum Gasteiger partial charge on any atom is 0.276 e. The van der Waals surface area contributed by atoms with E-state index in [0.717, 1.165) is 50.7 Å². The number of amides is 1. The molecule has 146 valence electrons. The van der Waals surface area contributed by atoms with Crippen molar-refractivity contribution >= 4 is 5.91 Å². The van der Waals surface area contributed by atoms with Crippen molar-refractivity contribution in [2.75, 3.05) is 26.2 Å². The van der Waals surface area contributed by atoms with Gasteiger partial charge in [-0.2, -0.15) is 0 Å². The summed E-state index contributed by atoms with van der Waals surface area (Å²) >= 11 is 0. The van der Waals surface area contributed by atoms with Gasteiger partial charge in [0.05, 0.1) is 6.54 Å². The van der Waals surface area contributed by atoms with Crippen LogP contribution in [-0.2, 0) is 20.0 Å². The van der Waals surface area contributed by atoms with Crippen LogP contribution < -0.4 is 0 Å². The molecule has 0 saturated carbocycles. The highest BCUT2D eigenvalue weighted by Gasteiger charge is 2.31. The average molecular weight is 372 g/mol. The molecule has 2 saturated heterocycles. The van der Waals surface area contributed by atoms with Gasteiger partial charge in [-0.25, -0.2) is 4.98 Å². The molecule has 0 N–H and O–H groups in total. The van der Waals surface area contributed by atoms with Crippen molar-refractivity contribution in [3.8, 4) is 0 Å². The topological polar surface area (TPSA) is 80.3 Å². The monoisotopic (exact) mass is 372 g/mol. The lowest BCUT2D eigenvalue weighted by molar-refractivity contribution is 0.0696. The number of carbonyl (C=O) groups excluding carboxylic acids is 1. The van der Waals surface area contributed by atoms with Gasteiger partial charge >= 0.3 is 0 Å². The molecule has 2 aromatic heterocycles. The van der Waals surface area contributed by atoms with Gasteiger partial charge in [0.15, 0.2) is 12.1 Å². The van der Waals surface area contributed by atoms with Crippen molar-refractivity contribution in [2.24, 2.45) is 7.05 Å². The van der Waals surface area contributed by atoms with Crippen LogP contribution in [0.15, 0.2) is 10.8 Å². The zero-order valence-corrected chi connectivity index (χ0v) is 16.2. The van der Waals surface area contributed by atoms with Gasteiger partial charge in [0, 0.05) is 32.5 Å². The van der Waals surface area contributed by atoms with Crippen LogP contribution in [-0.4, -0.2) is 61.6 Å². The van der Waals surface area contributed by atoms with Crippen LogP contribution in [0.3, 0.4) is 0 Å². The largest absolute Gasteiger partial charge is 0.448 e. The summed E-state index contributed by atoms with van der Waals surface area (Å²) in [7, 11) is 2.05. The lowest BCUT2D eigenvalue weighted by atomic mass is 9.96. The number of aromatic nitrogens is 4. The lowest BCUT2D eigenvalue weighted by Crippen LogP contribution is -2.40. The van der Waals surface area contributed by atoms with Gasteiger partial charge < -0.3 is 13.9 Å². The average Bonchev–Trinajstić information content (AvgIpc) is 3.44. The van der Waals surface area contributed by atoms with E-state index in [-0.39, 0.29) is 11.8 Å². The second-order valence-electron chi connectivity index (χ2n) is 7.58. The summed E-state index contributed by atoms with van der Waals surface area (Å²) in [5.74, 6) is 2.83. The Balaban J connectivity index is 1.46. The molecule has 0 bridgehead atoms. The van der Waals surface area contributed by atoms with Gasteiger partial charge in [0.1, 0.15) is 17.4 Å². The molecule has 4 heterocycles. The van der Waals surface area contributed by atoms with E-state index in [1.165, 1.54) is 19.2 Å². The second kappa shape index (κ2) is 7.80. The van der Waals surface area contributed by atoms with E-state index in [2.05, 4.69) is 24.6 Å². The van der Waals surface area contributed by atoms with Crippen LogP contribution >= 0.6 is 0 Å². The number of hydrogen-bond donors (Lipinski definition) is 0. The summed E-state index contributed by atoms with van der Waals surface area (Å²) in [5.41, 5.74) is 0.450. The SMILES string of the molecule is CCc1ocnc1C(=O)N1CCC[C@@H](c2nnc(CN3CCCC3)n2C)C1. The molecule has 0 aromatic carbocycles. The number of oxazole rings is 1. The van der Waals surface area contributed by atoms with Gasteiger partial charge in [0.2, 0.25) is 0 Å². The molecule has 27 heavy (non-hydrogen) atoms. The number of piperidine rings is 1. The predicted molar refractivity (Wildman–Crippen MR) is 99.3 cm³/mol. The minimum atomic E-state index is -0.0373. The van der Waals surface area contributed by atoms with Gasteiger partial charge in [0.25, 0.3) is 5.91 Å². The Hall–Kier alpha value is -2.22. The highest BCUT2D eigenvalue weighted by atomic mass is 16.3. The smallest absolute Gasteiger partial charge is 0.276 e. The Morgan fingerprint density at radius 1 is 1.22 bits per heavy atom. The Labute approximate surface area is 159 Å².